The maximum Gasteiger partial charge on any atom is 0.332 e. The largest absolute Gasteiger partial charge is 0.480 e. The predicted molar refractivity (Wildman–Crippen MR) is 120 cm³/mol. The first-order valence-electron chi connectivity index (χ1n) is 8.20. The highest BCUT2D eigenvalue weighted by Crippen LogP contribution is 2.29. The lowest BCUT2D eigenvalue weighted by Gasteiger charge is -2.27. The van der Waals surface area contributed by atoms with E-state index in [4.69, 9.17) is 33.1 Å². The van der Waals surface area contributed by atoms with E-state index in [1.807, 2.05) is 0 Å². The highest BCUT2D eigenvalue weighted by Gasteiger charge is 2.54. The molecule has 0 rings (SSSR count). The fraction of sp³-hybridized carbons (Fsp3) is 0.571. The SMILES string of the molecule is NC(CSSCC(N)(C(=O)O)C(=O)C(=O)C(N)(CSSCC(N)C(=O)O)C(=O)O)C(=O)O. The van der Waals surface area contributed by atoms with Gasteiger partial charge in [0.25, 0.3) is 0 Å². The Bertz CT molecular complexity index is 710. The molecule has 0 saturated carbocycles. The molecule has 12 N–H and O–H groups in total. The van der Waals surface area contributed by atoms with Crippen molar-refractivity contribution in [3.05, 3.63) is 0 Å². The standard InChI is InChI=1S/C14H22N4O10S4/c15-5(9(21)22)1-29-31-3-13(17,11(25)26)7(19)8(20)14(18,12(27)28)4-32-30-2-6(16)10(23)24/h5-6H,1-4,15-18H2,(H,21,22)(H,23,24)(H,25,26)(H,27,28). The van der Waals surface area contributed by atoms with Crippen LogP contribution >= 0.6 is 43.2 Å². The van der Waals surface area contributed by atoms with Gasteiger partial charge in [0.1, 0.15) is 12.1 Å². The molecule has 182 valence electrons. The van der Waals surface area contributed by atoms with Crippen LogP contribution in [0.3, 0.4) is 0 Å². The average Bonchev–Trinajstić information content (AvgIpc) is 2.71. The Hall–Kier alpha value is -1.54. The predicted octanol–water partition coefficient (Wildman–Crippen LogP) is -2.72. The molecular weight excluding hydrogens is 512 g/mol. The summed E-state index contributed by atoms with van der Waals surface area (Å²) >= 11 is 0. The molecule has 0 heterocycles. The zero-order valence-electron chi connectivity index (χ0n) is 16.2. The molecule has 4 atom stereocenters. The van der Waals surface area contributed by atoms with Crippen LogP contribution in [-0.2, 0) is 28.8 Å². The number of carbonyl (C=O) groups excluding carboxylic acids is 2. The van der Waals surface area contributed by atoms with Crippen molar-refractivity contribution in [3.8, 4) is 0 Å². The molecule has 0 aromatic heterocycles. The van der Waals surface area contributed by atoms with Crippen molar-refractivity contribution in [1.82, 2.24) is 0 Å². The fourth-order valence-corrected chi connectivity index (χ4v) is 6.40. The summed E-state index contributed by atoms with van der Waals surface area (Å²) in [6, 6.07) is -2.54. The summed E-state index contributed by atoms with van der Waals surface area (Å²) < 4.78 is 0. The van der Waals surface area contributed by atoms with Gasteiger partial charge >= 0.3 is 23.9 Å². The molecule has 0 aromatic carbocycles. The topological polar surface area (TPSA) is 287 Å². The second-order valence-electron chi connectivity index (χ2n) is 6.19. The van der Waals surface area contributed by atoms with Crippen molar-refractivity contribution in [1.29, 1.82) is 0 Å². The summed E-state index contributed by atoms with van der Waals surface area (Å²) in [5, 5.41) is 36.2. The highest BCUT2D eigenvalue weighted by molar-refractivity contribution is 8.77. The Kier molecular flexibility index (Phi) is 12.6. The van der Waals surface area contributed by atoms with Gasteiger partial charge in [0, 0.05) is 23.0 Å². The van der Waals surface area contributed by atoms with Crippen LogP contribution in [0.4, 0.5) is 0 Å². The monoisotopic (exact) mass is 534 g/mol. The van der Waals surface area contributed by atoms with Gasteiger partial charge in [-0.25, -0.2) is 9.59 Å². The second-order valence-corrected chi connectivity index (χ2v) is 11.2. The summed E-state index contributed by atoms with van der Waals surface area (Å²) in [6.07, 6.45) is 0. The normalized spacial score (nSPS) is 16.8. The Balaban J connectivity index is 5.31. The summed E-state index contributed by atoms with van der Waals surface area (Å²) in [7, 11) is 2.88. The number of hydrogen-bond donors (Lipinski definition) is 8. The first-order chi connectivity index (χ1) is 14.6. The van der Waals surface area contributed by atoms with E-state index in [2.05, 4.69) is 0 Å². The van der Waals surface area contributed by atoms with Gasteiger partial charge in [0.05, 0.1) is 0 Å². The number of aliphatic carboxylic acids is 4. The molecule has 0 amide bonds. The number of ketones is 2. The molecule has 18 heteroatoms. The molecule has 0 spiro atoms. The van der Waals surface area contributed by atoms with Crippen LogP contribution in [0.2, 0.25) is 0 Å². The van der Waals surface area contributed by atoms with Crippen LogP contribution in [-0.4, -0.2) is 102 Å². The summed E-state index contributed by atoms with van der Waals surface area (Å²) in [4.78, 5) is 69.7. The molecule has 0 aliphatic rings. The van der Waals surface area contributed by atoms with Gasteiger partial charge in [-0.2, -0.15) is 0 Å². The number of hydrogen-bond acceptors (Lipinski definition) is 14. The summed E-state index contributed by atoms with van der Waals surface area (Å²) in [5.41, 5.74) is 16.1. The fourth-order valence-electron chi connectivity index (χ4n) is 1.51. The van der Waals surface area contributed by atoms with Crippen molar-refractivity contribution in [2.45, 2.75) is 23.2 Å². The maximum absolute atomic E-state index is 12.6. The van der Waals surface area contributed by atoms with E-state index in [-0.39, 0.29) is 11.5 Å². The van der Waals surface area contributed by atoms with E-state index in [1.54, 1.807) is 0 Å². The number of rotatable bonds is 17. The Morgan fingerprint density at radius 1 is 0.625 bits per heavy atom. The van der Waals surface area contributed by atoms with Crippen LogP contribution in [0.5, 0.6) is 0 Å². The van der Waals surface area contributed by atoms with Crippen LogP contribution < -0.4 is 22.9 Å². The van der Waals surface area contributed by atoms with Gasteiger partial charge < -0.3 is 43.4 Å². The molecule has 0 bridgehead atoms. The van der Waals surface area contributed by atoms with Gasteiger partial charge in [-0.3, -0.25) is 19.2 Å². The number of nitrogens with two attached hydrogens (primary N) is 4. The molecule has 0 fully saturated rings. The molecule has 0 aliphatic carbocycles. The van der Waals surface area contributed by atoms with Crippen molar-refractivity contribution < 1.29 is 49.2 Å². The minimum absolute atomic E-state index is 0.167. The molecule has 4 unspecified atom stereocenters. The highest BCUT2D eigenvalue weighted by atomic mass is 33.1. The van der Waals surface area contributed by atoms with Crippen LogP contribution in [0.25, 0.3) is 0 Å². The van der Waals surface area contributed by atoms with Crippen molar-refractivity contribution >= 4 is 78.6 Å². The molecule has 0 aromatic rings. The Morgan fingerprint density at radius 3 is 1.12 bits per heavy atom. The number of carboxylic acid groups (broad SMARTS) is 4. The van der Waals surface area contributed by atoms with Gasteiger partial charge in [-0.15, -0.1) is 0 Å². The summed E-state index contributed by atoms with van der Waals surface area (Å²) in [6.45, 7) is 0. The van der Waals surface area contributed by atoms with E-state index in [0.717, 1.165) is 21.6 Å². The van der Waals surface area contributed by atoms with Crippen molar-refractivity contribution in [3.63, 3.8) is 0 Å². The Labute approximate surface area is 196 Å². The third-order valence-corrected chi connectivity index (χ3v) is 8.64. The number of carbonyl (C=O) groups is 6. The zero-order chi connectivity index (χ0) is 25.3. The van der Waals surface area contributed by atoms with Gasteiger partial charge in [-0.1, -0.05) is 43.2 Å². The van der Waals surface area contributed by atoms with E-state index in [1.165, 1.54) is 0 Å². The van der Waals surface area contributed by atoms with Crippen molar-refractivity contribution in [2.24, 2.45) is 22.9 Å². The van der Waals surface area contributed by atoms with E-state index in [0.29, 0.717) is 21.6 Å². The minimum Gasteiger partial charge on any atom is -0.480 e. The Morgan fingerprint density at radius 2 is 0.906 bits per heavy atom. The molecule has 0 aliphatic heterocycles. The maximum atomic E-state index is 12.6. The molecule has 32 heavy (non-hydrogen) atoms. The minimum atomic E-state index is -2.84. The number of Topliss-reactive ketones (excluding diaryl/α,β-unsaturated/α-hetero) is 2. The van der Waals surface area contributed by atoms with E-state index in [9.17, 15) is 39.0 Å². The van der Waals surface area contributed by atoms with Crippen LogP contribution in [0.15, 0.2) is 0 Å². The third-order valence-electron chi connectivity index (χ3n) is 3.65. The van der Waals surface area contributed by atoms with Crippen molar-refractivity contribution in [2.75, 3.05) is 23.0 Å². The van der Waals surface area contributed by atoms with Gasteiger partial charge in [-0.05, 0) is 0 Å². The van der Waals surface area contributed by atoms with E-state index >= 15 is 0 Å². The molecular formula is C14H22N4O10S4. The van der Waals surface area contributed by atoms with Gasteiger partial charge in [0.2, 0.25) is 11.6 Å². The summed E-state index contributed by atoms with van der Waals surface area (Å²) in [5.74, 6) is -11.8. The molecule has 14 nitrogen and oxygen atoms in total. The average molecular weight is 535 g/mol. The smallest absolute Gasteiger partial charge is 0.332 e. The quantitative estimate of drug-likeness (QED) is 0.0406. The zero-order valence-corrected chi connectivity index (χ0v) is 19.4. The third kappa shape index (κ3) is 8.43. The molecule has 0 radical (unpaired) electrons. The van der Waals surface area contributed by atoms with Crippen LogP contribution in [0.1, 0.15) is 0 Å². The van der Waals surface area contributed by atoms with E-state index < -0.39 is 70.1 Å². The molecule has 0 saturated heterocycles. The lowest BCUT2D eigenvalue weighted by molar-refractivity contribution is -0.156. The van der Waals surface area contributed by atoms with Crippen LogP contribution in [0, 0.1) is 0 Å². The first kappa shape index (κ1) is 30.5. The van der Waals surface area contributed by atoms with Gasteiger partial charge in [0.15, 0.2) is 11.1 Å². The lowest BCUT2D eigenvalue weighted by Crippen LogP contribution is -2.67. The number of carboxylic acids is 4. The first-order valence-corrected chi connectivity index (χ1v) is 13.2. The lowest BCUT2D eigenvalue weighted by atomic mass is 9.85. The second kappa shape index (κ2) is 13.2.